The van der Waals surface area contributed by atoms with Crippen molar-refractivity contribution in [1.29, 1.82) is 0 Å². The molecule has 2 aromatic heterocycles. The SMILES string of the molecule is Cc1ccc(-n2cc(-c3ccccc3)c3c(NCCN(C)C)ncnc32)cc1Cl. The summed E-state index contributed by atoms with van der Waals surface area (Å²) in [6.07, 6.45) is 3.73. The highest BCUT2D eigenvalue weighted by Gasteiger charge is 2.17. The van der Waals surface area contributed by atoms with Crippen molar-refractivity contribution in [3.8, 4) is 16.8 Å². The average molecular weight is 406 g/mol. The zero-order valence-corrected chi connectivity index (χ0v) is 17.6. The fourth-order valence-electron chi connectivity index (χ4n) is 3.36. The van der Waals surface area contributed by atoms with Crippen LogP contribution in [0, 0.1) is 6.92 Å². The largest absolute Gasteiger partial charge is 0.368 e. The number of benzene rings is 2. The number of aromatic nitrogens is 3. The average Bonchev–Trinajstić information content (AvgIpc) is 3.11. The van der Waals surface area contributed by atoms with Gasteiger partial charge in [0.1, 0.15) is 12.1 Å². The van der Waals surface area contributed by atoms with Crippen LogP contribution in [-0.2, 0) is 0 Å². The minimum atomic E-state index is 0.740. The number of nitrogens with zero attached hydrogens (tertiary/aromatic N) is 4. The van der Waals surface area contributed by atoms with Crippen LogP contribution in [0.25, 0.3) is 27.8 Å². The van der Waals surface area contributed by atoms with E-state index in [9.17, 15) is 0 Å². The third-order valence-electron chi connectivity index (χ3n) is 4.95. The van der Waals surface area contributed by atoms with Gasteiger partial charge in [-0.1, -0.05) is 48.0 Å². The number of likely N-dealkylation sites (N-methyl/N-ethyl adjacent to an activating group) is 1. The number of hydrogen-bond donors (Lipinski definition) is 1. The van der Waals surface area contributed by atoms with Crippen LogP contribution in [0.4, 0.5) is 5.82 Å². The van der Waals surface area contributed by atoms with Crippen molar-refractivity contribution >= 4 is 28.5 Å². The van der Waals surface area contributed by atoms with Gasteiger partial charge in [0, 0.05) is 35.6 Å². The van der Waals surface area contributed by atoms with Crippen LogP contribution >= 0.6 is 11.6 Å². The molecule has 2 heterocycles. The molecular weight excluding hydrogens is 382 g/mol. The first-order valence-corrected chi connectivity index (χ1v) is 9.99. The van der Waals surface area contributed by atoms with E-state index < -0.39 is 0 Å². The molecule has 0 amide bonds. The maximum absolute atomic E-state index is 6.41. The van der Waals surface area contributed by atoms with Crippen LogP contribution in [0.15, 0.2) is 61.1 Å². The predicted octanol–water partition coefficient (Wildman–Crippen LogP) is 5.02. The molecule has 29 heavy (non-hydrogen) atoms. The van der Waals surface area contributed by atoms with E-state index in [0.717, 1.165) is 57.3 Å². The van der Waals surface area contributed by atoms with Gasteiger partial charge in [-0.25, -0.2) is 9.97 Å². The molecule has 4 aromatic rings. The Bertz CT molecular complexity index is 1130. The summed E-state index contributed by atoms with van der Waals surface area (Å²) in [6.45, 7) is 3.72. The zero-order valence-electron chi connectivity index (χ0n) is 16.9. The van der Waals surface area contributed by atoms with Gasteiger partial charge in [0.15, 0.2) is 5.65 Å². The van der Waals surface area contributed by atoms with Gasteiger partial charge < -0.3 is 14.8 Å². The maximum atomic E-state index is 6.41. The standard InChI is InChI=1S/C23H24ClN5/c1-16-9-10-18(13-20(16)24)29-14-19(17-7-5-4-6-8-17)21-22(25-11-12-28(2)3)26-15-27-23(21)29/h4-10,13-15H,11-12H2,1-3H3,(H,25,26,27). The lowest BCUT2D eigenvalue weighted by Gasteiger charge is -2.12. The summed E-state index contributed by atoms with van der Waals surface area (Å²) in [5.41, 5.74) is 5.10. The molecule has 0 saturated heterocycles. The molecule has 6 heteroatoms. The molecule has 0 fully saturated rings. The number of nitrogens with one attached hydrogen (secondary N) is 1. The van der Waals surface area contributed by atoms with E-state index in [1.54, 1.807) is 6.33 Å². The number of fused-ring (bicyclic) bond motifs is 1. The zero-order chi connectivity index (χ0) is 20.4. The molecule has 4 rings (SSSR count). The summed E-state index contributed by atoms with van der Waals surface area (Å²) in [7, 11) is 4.12. The second-order valence-corrected chi connectivity index (χ2v) is 7.77. The van der Waals surface area contributed by atoms with E-state index in [0.29, 0.717) is 0 Å². The Hall–Kier alpha value is -2.89. The van der Waals surface area contributed by atoms with E-state index in [1.807, 2.05) is 37.3 Å². The van der Waals surface area contributed by atoms with Crippen molar-refractivity contribution in [2.24, 2.45) is 0 Å². The maximum Gasteiger partial charge on any atom is 0.150 e. The number of aryl methyl sites for hydroxylation is 1. The van der Waals surface area contributed by atoms with Gasteiger partial charge in [-0.2, -0.15) is 0 Å². The lowest BCUT2D eigenvalue weighted by molar-refractivity contribution is 0.425. The topological polar surface area (TPSA) is 46.0 Å². The summed E-state index contributed by atoms with van der Waals surface area (Å²) in [4.78, 5) is 11.3. The highest BCUT2D eigenvalue weighted by Crippen LogP contribution is 2.35. The highest BCUT2D eigenvalue weighted by atomic mass is 35.5. The van der Waals surface area contributed by atoms with Gasteiger partial charge in [0.2, 0.25) is 0 Å². The molecule has 0 aliphatic heterocycles. The van der Waals surface area contributed by atoms with Crippen molar-refractivity contribution < 1.29 is 0 Å². The molecule has 148 valence electrons. The number of rotatable bonds is 6. The quantitative estimate of drug-likeness (QED) is 0.489. The molecule has 0 radical (unpaired) electrons. The molecule has 1 N–H and O–H groups in total. The van der Waals surface area contributed by atoms with Gasteiger partial charge in [-0.15, -0.1) is 0 Å². The number of anilines is 1. The Morgan fingerprint density at radius 2 is 1.86 bits per heavy atom. The molecule has 0 atom stereocenters. The van der Waals surface area contributed by atoms with Gasteiger partial charge in [0.05, 0.1) is 5.39 Å². The Kier molecular flexibility index (Phi) is 5.51. The van der Waals surface area contributed by atoms with Gasteiger partial charge in [-0.3, -0.25) is 0 Å². The van der Waals surface area contributed by atoms with Crippen molar-refractivity contribution in [3.63, 3.8) is 0 Å². The molecule has 0 saturated carbocycles. The Labute approximate surface area is 176 Å². The van der Waals surface area contributed by atoms with E-state index >= 15 is 0 Å². The Morgan fingerprint density at radius 1 is 1.07 bits per heavy atom. The molecule has 0 aliphatic rings. The van der Waals surface area contributed by atoms with Crippen LogP contribution in [0.5, 0.6) is 0 Å². The third-order valence-corrected chi connectivity index (χ3v) is 5.36. The minimum Gasteiger partial charge on any atom is -0.368 e. The second-order valence-electron chi connectivity index (χ2n) is 7.36. The van der Waals surface area contributed by atoms with Crippen molar-refractivity contribution in [2.45, 2.75) is 6.92 Å². The first-order valence-electron chi connectivity index (χ1n) is 9.61. The van der Waals surface area contributed by atoms with Gasteiger partial charge in [-0.05, 0) is 44.3 Å². The van der Waals surface area contributed by atoms with Crippen LogP contribution in [0.2, 0.25) is 5.02 Å². The van der Waals surface area contributed by atoms with Crippen molar-refractivity contribution in [3.05, 3.63) is 71.6 Å². The third kappa shape index (κ3) is 3.97. The number of hydrogen-bond acceptors (Lipinski definition) is 4. The molecule has 0 unspecified atom stereocenters. The predicted molar refractivity (Wildman–Crippen MR) is 121 cm³/mol. The minimum absolute atomic E-state index is 0.740. The Balaban J connectivity index is 1.90. The molecule has 0 bridgehead atoms. The van der Waals surface area contributed by atoms with Crippen LogP contribution in [-0.4, -0.2) is 46.6 Å². The summed E-state index contributed by atoms with van der Waals surface area (Å²) < 4.78 is 2.09. The highest BCUT2D eigenvalue weighted by molar-refractivity contribution is 6.31. The van der Waals surface area contributed by atoms with E-state index in [4.69, 9.17) is 11.6 Å². The molecule has 5 nitrogen and oxygen atoms in total. The lowest BCUT2D eigenvalue weighted by atomic mass is 10.1. The lowest BCUT2D eigenvalue weighted by Crippen LogP contribution is -2.21. The number of halogens is 1. The fraction of sp³-hybridized carbons (Fsp3) is 0.217. The van der Waals surface area contributed by atoms with E-state index in [1.165, 1.54) is 0 Å². The first kappa shape index (κ1) is 19.4. The Morgan fingerprint density at radius 3 is 2.59 bits per heavy atom. The fourth-order valence-corrected chi connectivity index (χ4v) is 3.53. The van der Waals surface area contributed by atoms with E-state index in [2.05, 4.69) is 63.2 Å². The monoisotopic (exact) mass is 405 g/mol. The molecule has 0 spiro atoms. The van der Waals surface area contributed by atoms with Crippen molar-refractivity contribution in [2.75, 3.05) is 32.5 Å². The first-order chi connectivity index (χ1) is 14.0. The summed E-state index contributed by atoms with van der Waals surface area (Å²) in [6, 6.07) is 16.4. The van der Waals surface area contributed by atoms with E-state index in [-0.39, 0.29) is 0 Å². The van der Waals surface area contributed by atoms with Crippen LogP contribution in [0.3, 0.4) is 0 Å². The van der Waals surface area contributed by atoms with Crippen LogP contribution in [0.1, 0.15) is 5.56 Å². The molecule has 2 aromatic carbocycles. The van der Waals surface area contributed by atoms with Gasteiger partial charge >= 0.3 is 0 Å². The molecule has 0 aliphatic carbocycles. The van der Waals surface area contributed by atoms with Crippen LogP contribution < -0.4 is 5.32 Å². The smallest absolute Gasteiger partial charge is 0.150 e. The summed E-state index contributed by atoms with van der Waals surface area (Å²) in [5, 5.41) is 5.23. The van der Waals surface area contributed by atoms with Crippen molar-refractivity contribution in [1.82, 2.24) is 19.4 Å². The summed E-state index contributed by atoms with van der Waals surface area (Å²) in [5.74, 6) is 0.840. The summed E-state index contributed by atoms with van der Waals surface area (Å²) >= 11 is 6.41. The normalized spacial score (nSPS) is 11.3. The van der Waals surface area contributed by atoms with Gasteiger partial charge in [0.25, 0.3) is 0 Å². The second kappa shape index (κ2) is 8.23. The molecular formula is C23H24ClN5.